The summed E-state index contributed by atoms with van der Waals surface area (Å²) in [5, 5.41) is 0. The first kappa shape index (κ1) is 22.8. The Balaban J connectivity index is 1.77. The Bertz CT molecular complexity index is 968. The molecule has 1 saturated heterocycles. The van der Waals surface area contributed by atoms with Crippen molar-refractivity contribution in [1.29, 1.82) is 0 Å². The number of likely N-dealkylation sites (tertiary alicyclic amines) is 1. The lowest BCUT2D eigenvalue weighted by molar-refractivity contribution is -0.149. The summed E-state index contributed by atoms with van der Waals surface area (Å²) in [7, 11) is 3.61. The van der Waals surface area contributed by atoms with Gasteiger partial charge < -0.3 is 4.74 Å². The molecule has 1 atom stereocenters. The Kier molecular flexibility index (Phi) is 6.32. The van der Waals surface area contributed by atoms with Crippen molar-refractivity contribution in [2.75, 3.05) is 33.8 Å². The first-order valence-corrected chi connectivity index (χ1v) is 11.1. The number of alkyl halides is 3. The van der Waals surface area contributed by atoms with Crippen LogP contribution in [0.15, 0.2) is 42.5 Å². The van der Waals surface area contributed by atoms with Gasteiger partial charge in [-0.25, -0.2) is 0 Å². The van der Waals surface area contributed by atoms with Gasteiger partial charge in [0.25, 0.3) is 0 Å². The number of hydrogen-bond acceptors (Lipinski definition) is 4. The average molecular weight is 447 g/mol. The molecule has 0 aliphatic carbocycles. The highest BCUT2D eigenvalue weighted by atomic mass is 19.4. The molecule has 2 aromatic carbocycles. The van der Waals surface area contributed by atoms with E-state index in [0.717, 1.165) is 67.8 Å². The molecule has 32 heavy (non-hydrogen) atoms. The molecule has 0 radical (unpaired) electrons. The first-order valence-electron chi connectivity index (χ1n) is 11.1. The number of nitrogens with zero attached hydrogens (tertiary/aromatic N) is 2. The van der Waals surface area contributed by atoms with Gasteiger partial charge >= 0.3 is 6.18 Å². The minimum absolute atomic E-state index is 0.0177. The molecule has 1 fully saturated rings. The fraction of sp³-hybridized carbons (Fsp3) is 0.480. The molecule has 2 heterocycles. The summed E-state index contributed by atoms with van der Waals surface area (Å²) in [5.41, 5.74) is 0.904. The van der Waals surface area contributed by atoms with Crippen molar-refractivity contribution in [3.63, 3.8) is 0 Å². The monoisotopic (exact) mass is 446 g/mol. The number of benzene rings is 2. The van der Waals surface area contributed by atoms with Crippen LogP contribution in [0.1, 0.15) is 41.5 Å². The van der Waals surface area contributed by atoms with Crippen LogP contribution in [0.2, 0.25) is 0 Å². The number of piperidine rings is 1. The third-order valence-corrected chi connectivity index (χ3v) is 6.83. The molecule has 172 valence electrons. The summed E-state index contributed by atoms with van der Waals surface area (Å²) in [4.78, 5) is 18.5. The highest BCUT2D eigenvalue weighted by molar-refractivity contribution is 5.92. The van der Waals surface area contributed by atoms with Crippen LogP contribution in [0, 0.1) is 0 Å². The number of ketones is 1. The topological polar surface area (TPSA) is 32.8 Å². The number of halogens is 3. The standard InChI is InChI=1S/C25H29F3N2O2/c1-29-16-13-20-21(7-6-8-22(20)32-2)24(29,30-14-4-3-5-15-30)23(31)17-18-9-11-19(12-10-18)25(26,27)28/h6-12H,3-5,13-17H2,1-2H3. The van der Waals surface area contributed by atoms with E-state index in [1.165, 1.54) is 12.1 Å². The second-order valence-electron chi connectivity index (χ2n) is 8.67. The predicted octanol–water partition coefficient (Wildman–Crippen LogP) is 4.65. The van der Waals surface area contributed by atoms with E-state index in [9.17, 15) is 18.0 Å². The summed E-state index contributed by atoms with van der Waals surface area (Å²) in [6.07, 6.45) is -0.384. The molecule has 2 aromatic rings. The molecule has 0 N–H and O–H groups in total. The number of methoxy groups -OCH3 is 1. The van der Waals surface area contributed by atoms with Crippen molar-refractivity contribution in [2.45, 2.75) is 43.9 Å². The molecule has 2 aliphatic heterocycles. The lowest BCUT2D eigenvalue weighted by Crippen LogP contribution is -2.65. The van der Waals surface area contributed by atoms with Crippen molar-refractivity contribution >= 4 is 5.78 Å². The zero-order valence-corrected chi connectivity index (χ0v) is 18.5. The van der Waals surface area contributed by atoms with E-state index in [1.807, 2.05) is 25.2 Å². The fourth-order valence-corrected chi connectivity index (χ4v) is 5.28. The lowest BCUT2D eigenvalue weighted by Gasteiger charge is -2.53. The largest absolute Gasteiger partial charge is 0.496 e. The number of carbonyl (C=O) groups excluding carboxylic acids is 1. The molecule has 7 heteroatoms. The molecule has 0 amide bonds. The Morgan fingerprint density at radius 3 is 2.34 bits per heavy atom. The first-order chi connectivity index (χ1) is 15.3. The maximum absolute atomic E-state index is 14.1. The minimum atomic E-state index is -4.39. The van der Waals surface area contributed by atoms with E-state index in [4.69, 9.17) is 4.74 Å². The van der Waals surface area contributed by atoms with Gasteiger partial charge in [-0.3, -0.25) is 14.6 Å². The van der Waals surface area contributed by atoms with Gasteiger partial charge in [-0.1, -0.05) is 30.7 Å². The number of fused-ring (bicyclic) bond motifs is 1. The van der Waals surface area contributed by atoms with Gasteiger partial charge in [0.05, 0.1) is 12.7 Å². The summed E-state index contributed by atoms with van der Waals surface area (Å²) in [5.74, 6) is 0.759. The summed E-state index contributed by atoms with van der Waals surface area (Å²) < 4.78 is 44.5. The summed E-state index contributed by atoms with van der Waals surface area (Å²) in [6, 6.07) is 10.8. The maximum Gasteiger partial charge on any atom is 0.416 e. The van der Waals surface area contributed by atoms with Crippen molar-refractivity contribution in [2.24, 2.45) is 0 Å². The predicted molar refractivity (Wildman–Crippen MR) is 117 cm³/mol. The summed E-state index contributed by atoms with van der Waals surface area (Å²) in [6.45, 7) is 2.31. The normalized spacial score (nSPS) is 22.4. The third kappa shape index (κ3) is 3.92. The fourth-order valence-electron chi connectivity index (χ4n) is 5.28. The van der Waals surface area contributed by atoms with Gasteiger partial charge in [0.1, 0.15) is 5.75 Å². The Morgan fingerprint density at radius 1 is 1.03 bits per heavy atom. The van der Waals surface area contributed by atoms with E-state index in [1.54, 1.807) is 7.11 Å². The molecule has 0 spiro atoms. The van der Waals surface area contributed by atoms with Crippen molar-refractivity contribution < 1.29 is 22.7 Å². The van der Waals surface area contributed by atoms with Gasteiger partial charge in [0.2, 0.25) is 0 Å². The molecule has 0 saturated carbocycles. The number of likely N-dealkylation sites (N-methyl/N-ethyl adjacent to an activating group) is 1. The van der Waals surface area contributed by atoms with E-state index in [0.29, 0.717) is 12.1 Å². The van der Waals surface area contributed by atoms with Crippen molar-refractivity contribution in [3.8, 4) is 5.75 Å². The van der Waals surface area contributed by atoms with Gasteiger partial charge in [0.15, 0.2) is 11.4 Å². The van der Waals surface area contributed by atoms with E-state index < -0.39 is 17.4 Å². The average Bonchev–Trinajstić information content (AvgIpc) is 2.79. The van der Waals surface area contributed by atoms with Crippen LogP contribution in [0.5, 0.6) is 5.75 Å². The molecule has 1 unspecified atom stereocenters. The van der Waals surface area contributed by atoms with Crippen LogP contribution in [-0.2, 0) is 29.5 Å². The number of ether oxygens (including phenoxy) is 1. The van der Waals surface area contributed by atoms with E-state index in [2.05, 4.69) is 9.80 Å². The third-order valence-electron chi connectivity index (χ3n) is 6.83. The van der Waals surface area contributed by atoms with Crippen LogP contribution in [0.25, 0.3) is 0 Å². The van der Waals surface area contributed by atoms with E-state index >= 15 is 0 Å². The second kappa shape index (κ2) is 8.87. The highest BCUT2D eigenvalue weighted by Crippen LogP contribution is 2.43. The van der Waals surface area contributed by atoms with Crippen molar-refractivity contribution in [3.05, 3.63) is 64.7 Å². The Labute approximate surface area is 187 Å². The van der Waals surface area contributed by atoms with Gasteiger partial charge in [-0.2, -0.15) is 13.2 Å². The Hall–Kier alpha value is -2.38. The van der Waals surface area contributed by atoms with Crippen LogP contribution in [0.3, 0.4) is 0 Å². The molecule has 2 aliphatic rings. The quantitative estimate of drug-likeness (QED) is 0.669. The zero-order valence-electron chi connectivity index (χ0n) is 18.5. The number of hydrogen-bond donors (Lipinski definition) is 0. The minimum Gasteiger partial charge on any atom is -0.496 e. The Morgan fingerprint density at radius 2 is 1.72 bits per heavy atom. The SMILES string of the molecule is COc1cccc2c1CCN(C)C2(C(=O)Cc1ccc(C(F)(F)F)cc1)N1CCCCC1. The molecule has 4 rings (SSSR count). The van der Waals surface area contributed by atoms with Crippen LogP contribution in [-0.4, -0.2) is 49.4 Å². The number of carbonyl (C=O) groups is 1. The molecular weight excluding hydrogens is 417 g/mol. The lowest BCUT2D eigenvalue weighted by atomic mass is 9.80. The second-order valence-corrected chi connectivity index (χ2v) is 8.67. The van der Waals surface area contributed by atoms with Crippen LogP contribution >= 0.6 is 0 Å². The molecule has 0 aromatic heterocycles. The van der Waals surface area contributed by atoms with Gasteiger partial charge in [-0.05, 0) is 50.1 Å². The van der Waals surface area contributed by atoms with Gasteiger partial charge in [0, 0.05) is 37.2 Å². The maximum atomic E-state index is 14.1. The van der Waals surface area contributed by atoms with Crippen LogP contribution in [0.4, 0.5) is 13.2 Å². The smallest absolute Gasteiger partial charge is 0.416 e. The van der Waals surface area contributed by atoms with E-state index in [-0.39, 0.29) is 12.2 Å². The molecule has 4 nitrogen and oxygen atoms in total. The van der Waals surface area contributed by atoms with Gasteiger partial charge in [-0.15, -0.1) is 0 Å². The molecule has 0 bridgehead atoms. The van der Waals surface area contributed by atoms with Crippen LogP contribution < -0.4 is 4.74 Å². The van der Waals surface area contributed by atoms with Crippen molar-refractivity contribution in [1.82, 2.24) is 9.80 Å². The molecular formula is C25H29F3N2O2. The zero-order chi connectivity index (χ0) is 22.9. The summed E-state index contributed by atoms with van der Waals surface area (Å²) >= 11 is 0. The number of Topliss-reactive ketones (excluding diaryl/α,β-unsaturated/α-hetero) is 1. The highest BCUT2D eigenvalue weighted by Gasteiger charge is 2.51. The number of rotatable bonds is 5.